The predicted octanol–water partition coefficient (Wildman–Crippen LogP) is 6.31. The molecule has 39 heavy (non-hydrogen) atoms. The molecule has 6 nitrogen and oxygen atoms in total. The minimum absolute atomic E-state index is 0.0739. The Labute approximate surface area is 229 Å². The molecule has 3 heterocycles. The van der Waals surface area contributed by atoms with Crippen molar-refractivity contribution in [3.8, 4) is 0 Å². The SMILES string of the molecule is C/C(N)=C(\c1cnc2c3ccc(C(C)C4CC4)c(F)c3n([C@H](c3ccccc3)C3CCOCC3)c2c1)N(C)N. The number of rotatable bonds is 7. The molecule has 1 unspecified atom stereocenters. The van der Waals surface area contributed by atoms with Crippen LogP contribution >= 0.6 is 0 Å². The molecule has 7 heteroatoms. The molecule has 2 aromatic carbocycles. The maximum atomic E-state index is 16.8. The summed E-state index contributed by atoms with van der Waals surface area (Å²) in [5, 5.41) is 2.36. The molecular formula is C32H38FN5O. The van der Waals surface area contributed by atoms with E-state index in [-0.39, 0.29) is 23.7 Å². The van der Waals surface area contributed by atoms with Crippen molar-refractivity contribution in [2.24, 2.45) is 23.4 Å². The molecule has 6 rings (SSSR count). The summed E-state index contributed by atoms with van der Waals surface area (Å²) in [6.45, 7) is 5.41. The maximum absolute atomic E-state index is 16.8. The van der Waals surface area contributed by atoms with Crippen molar-refractivity contribution in [1.82, 2.24) is 14.6 Å². The summed E-state index contributed by atoms with van der Waals surface area (Å²) in [6, 6.07) is 16.5. The molecule has 1 saturated carbocycles. The smallest absolute Gasteiger partial charge is 0.151 e. The molecule has 4 N–H and O–H groups in total. The molecule has 0 bridgehead atoms. The van der Waals surface area contributed by atoms with E-state index in [0.717, 1.165) is 46.0 Å². The zero-order valence-electron chi connectivity index (χ0n) is 23.0. The number of hydrazine groups is 1. The summed E-state index contributed by atoms with van der Waals surface area (Å²) in [5.41, 5.74) is 12.6. The van der Waals surface area contributed by atoms with Gasteiger partial charge in [0.15, 0.2) is 5.82 Å². The number of fused-ring (bicyclic) bond motifs is 3. The number of hydrogen-bond acceptors (Lipinski definition) is 5. The second-order valence-electron chi connectivity index (χ2n) is 11.4. The Bertz CT molecular complexity index is 1530. The predicted molar refractivity (Wildman–Crippen MR) is 155 cm³/mol. The molecule has 0 radical (unpaired) electrons. The van der Waals surface area contributed by atoms with Gasteiger partial charge in [-0.05, 0) is 67.6 Å². The molecular weight excluding hydrogens is 489 g/mol. The van der Waals surface area contributed by atoms with Crippen LogP contribution in [0.4, 0.5) is 4.39 Å². The van der Waals surface area contributed by atoms with Crippen LogP contribution in [0.15, 0.2) is 60.4 Å². The average Bonchev–Trinajstić information content (AvgIpc) is 3.73. The lowest BCUT2D eigenvalue weighted by Gasteiger charge is -2.33. The van der Waals surface area contributed by atoms with Crippen LogP contribution in [0.1, 0.15) is 68.2 Å². The van der Waals surface area contributed by atoms with E-state index in [1.54, 1.807) is 13.2 Å². The fraction of sp³-hybridized carbons (Fsp3) is 0.406. The molecule has 1 aliphatic heterocycles. The largest absolute Gasteiger partial charge is 0.401 e. The monoisotopic (exact) mass is 527 g/mol. The summed E-state index contributed by atoms with van der Waals surface area (Å²) < 4.78 is 24.8. The third-order valence-corrected chi connectivity index (χ3v) is 8.72. The number of halogens is 1. The zero-order valence-corrected chi connectivity index (χ0v) is 23.0. The van der Waals surface area contributed by atoms with E-state index in [9.17, 15) is 0 Å². The number of hydrogen-bond donors (Lipinski definition) is 2. The Kier molecular flexibility index (Phi) is 6.81. The summed E-state index contributed by atoms with van der Waals surface area (Å²) in [6.07, 6.45) is 5.95. The molecule has 0 amide bonds. The number of benzene rings is 2. The van der Waals surface area contributed by atoms with Gasteiger partial charge in [-0.3, -0.25) is 4.98 Å². The number of nitrogens with two attached hydrogens (primary N) is 2. The first-order valence-electron chi connectivity index (χ1n) is 14.1. The van der Waals surface area contributed by atoms with Crippen LogP contribution < -0.4 is 11.6 Å². The van der Waals surface area contributed by atoms with E-state index in [2.05, 4.69) is 47.9 Å². The molecule has 2 atom stereocenters. The summed E-state index contributed by atoms with van der Waals surface area (Å²) in [5.74, 6) is 7.10. The highest BCUT2D eigenvalue weighted by Gasteiger charge is 2.34. The highest BCUT2D eigenvalue weighted by molar-refractivity contribution is 6.07. The molecule has 4 aromatic rings. The van der Waals surface area contributed by atoms with Gasteiger partial charge in [0.2, 0.25) is 0 Å². The Balaban J connectivity index is 1.69. The van der Waals surface area contributed by atoms with E-state index in [1.807, 2.05) is 19.1 Å². The number of allylic oxidation sites excluding steroid dienone is 1. The van der Waals surface area contributed by atoms with Crippen LogP contribution in [-0.4, -0.2) is 34.8 Å². The van der Waals surface area contributed by atoms with Gasteiger partial charge >= 0.3 is 0 Å². The molecule has 204 valence electrons. The van der Waals surface area contributed by atoms with Crippen molar-refractivity contribution < 1.29 is 9.13 Å². The average molecular weight is 528 g/mol. The number of nitrogens with zero attached hydrogens (tertiary/aromatic N) is 3. The topological polar surface area (TPSA) is 82.3 Å². The summed E-state index contributed by atoms with van der Waals surface area (Å²) in [4.78, 5) is 4.92. The lowest BCUT2D eigenvalue weighted by molar-refractivity contribution is 0.0552. The van der Waals surface area contributed by atoms with Crippen LogP contribution in [0, 0.1) is 17.7 Å². The first-order chi connectivity index (χ1) is 18.9. The molecule has 2 aromatic heterocycles. The van der Waals surface area contributed by atoms with Gasteiger partial charge in [0.1, 0.15) is 0 Å². The van der Waals surface area contributed by atoms with Gasteiger partial charge < -0.3 is 20.0 Å². The van der Waals surface area contributed by atoms with Gasteiger partial charge in [0.05, 0.1) is 28.3 Å². The van der Waals surface area contributed by atoms with E-state index in [4.69, 9.17) is 21.3 Å². The Hall–Kier alpha value is -3.42. The van der Waals surface area contributed by atoms with Gasteiger partial charge in [-0.1, -0.05) is 49.4 Å². The molecule has 2 aliphatic rings. The quantitative estimate of drug-likeness (QED) is 0.217. The third kappa shape index (κ3) is 4.57. The van der Waals surface area contributed by atoms with Gasteiger partial charge in [-0.15, -0.1) is 0 Å². The van der Waals surface area contributed by atoms with Gasteiger partial charge in [-0.25, -0.2) is 10.2 Å². The van der Waals surface area contributed by atoms with E-state index >= 15 is 4.39 Å². The minimum Gasteiger partial charge on any atom is -0.401 e. The van der Waals surface area contributed by atoms with Crippen LogP contribution in [-0.2, 0) is 4.74 Å². The Morgan fingerprint density at radius 2 is 1.79 bits per heavy atom. The molecule has 0 spiro atoms. The fourth-order valence-electron chi connectivity index (χ4n) is 6.62. The second kappa shape index (κ2) is 10.3. The van der Waals surface area contributed by atoms with E-state index in [1.165, 1.54) is 17.9 Å². The van der Waals surface area contributed by atoms with Crippen LogP contribution in [0.25, 0.3) is 27.6 Å². The highest BCUT2D eigenvalue weighted by atomic mass is 19.1. The van der Waals surface area contributed by atoms with Crippen molar-refractivity contribution in [1.29, 1.82) is 0 Å². The van der Waals surface area contributed by atoms with Crippen molar-refractivity contribution in [3.05, 3.63) is 82.9 Å². The fourth-order valence-corrected chi connectivity index (χ4v) is 6.62. The van der Waals surface area contributed by atoms with Crippen LogP contribution in [0.3, 0.4) is 0 Å². The lowest BCUT2D eigenvalue weighted by Crippen LogP contribution is -2.27. The Morgan fingerprint density at radius 1 is 1.08 bits per heavy atom. The van der Waals surface area contributed by atoms with Gasteiger partial charge in [0, 0.05) is 43.1 Å². The van der Waals surface area contributed by atoms with Gasteiger partial charge in [-0.2, -0.15) is 0 Å². The second-order valence-corrected chi connectivity index (χ2v) is 11.4. The van der Waals surface area contributed by atoms with Crippen LogP contribution in [0.2, 0.25) is 0 Å². The zero-order chi connectivity index (χ0) is 27.3. The Morgan fingerprint density at radius 3 is 2.44 bits per heavy atom. The number of aromatic nitrogens is 2. The number of ether oxygens (including phenoxy) is 1. The lowest BCUT2D eigenvalue weighted by atomic mass is 9.86. The van der Waals surface area contributed by atoms with E-state index < -0.39 is 0 Å². The first kappa shape index (κ1) is 25.8. The highest BCUT2D eigenvalue weighted by Crippen LogP contribution is 2.46. The van der Waals surface area contributed by atoms with E-state index in [0.29, 0.717) is 36.0 Å². The van der Waals surface area contributed by atoms with Crippen molar-refractivity contribution >= 4 is 27.6 Å². The standard InChI is InChI=1S/C32H38FN5O/c1-19(21-9-10-21)25-11-12-26-29-27(17-24(18-36-29)30(20(2)34)37(3)35)38(32(26)28(25)33)31(22-7-5-4-6-8-22)23-13-15-39-16-14-23/h4-8,11-12,17-19,21,23,31H,9-10,13-16,34-35H2,1-3H3/b30-20-/t19?,31-/m1/s1. The van der Waals surface area contributed by atoms with Crippen LogP contribution in [0.5, 0.6) is 0 Å². The number of pyridine rings is 1. The minimum atomic E-state index is -0.124. The normalized spacial score (nSPS) is 18.8. The van der Waals surface area contributed by atoms with Gasteiger partial charge in [0.25, 0.3) is 0 Å². The first-order valence-corrected chi connectivity index (χ1v) is 14.1. The van der Waals surface area contributed by atoms with Crippen molar-refractivity contribution in [2.45, 2.75) is 51.5 Å². The molecule has 2 fully saturated rings. The van der Waals surface area contributed by atoms with Crippen molar-refractivity contribution in [3.63, 3.8) is 0 Å². The molecule has 1 saturated heterocycles. The summed E-state index contributed by atoms with van der Waals surface area (Å²) in [7, 11) is 1.77. The third-order valence-electron chi connectivity index (χ3n) is 8.72. The summed E-state index contributed by atoms with van der Waals surface area (Å²) >= 11 is 0. The molecule has 1 aliphatic carbocycles. The maximum Gasteiger partial charge on any atom is 0.151 e. The van der Waals surface area contributed by atoms with Crippen molar-refractivity contribution in [2.75, 3.05) is 20.3 Å².